The van der Waals surface area contributed by atoms with Crippen molar-refractivity contribution >= 4 is 35.0 Å². The van der Waals surface area contributed by atoms with Gasteiger partial charge in [0.1, 0.15) is 11.5 Å². The normalized spacial score (nSPS) is 10.3. The molecule has 0 spiro atoms. The molecule has 0 aliphatic heterocycles. The van der Waals surface area contributed by atoms with Crippen LogP contribution >= 0.6 is 0 Å². The lowest BCUT2D eigenvalue weighted by Crippen LogP contribution is -2.14. The van der Waals surface area contributed by atoms with Crippen LogP contribution in [0.4, 0.5) is 17.1 Å². The van der Waals surface area contributed by atoms with Crippen molar-refractivity contribution in [1.82, 2.24) is 0 Å². The predicted octanol–water partition coefficient (Wildman–Crippen LogP) is 2.69. The van der Waals surface area contributed by atoms with Crippen LogP contribution in [0.3, 0.4) is 0 Å². The van der Waals surface area contributed by atoms with Gasteiger partial charge in [0.25, 0.3) is 6.26 Å². The Morgan fingerprint density at radius 1 is 1.20 bits per heavy atom. The van der Waals surface area contributed by atoms with Gasteiger partial charge in [-0.15, -0.1) is 5.26 Å². The number of ether oxygens (including phenoxy) is 3. The minimum absolute atomic E-state index is 0.0785. The van der Waals surface area contributed by atoms with Crippen molar-refractivity contribution in [2.75, 3.05) is 30.5 Å². The highest BCUT2D eigenvalue weighted by Gasteiger charge is 2.07. The van der Waals surface area contributed by atoms with Gasteiger partial charge in [-0.25, -0.2) is 4.79 Å². The number of benzene rings is 2. The molecule has 156 valence electrons. The number of methoxy groups -OCH3 is 1. The highest BCUT2D eigenvalue weighted by molar-refractivity contribution is 5.94. The fourth-order valence-corrected chi connectivity index (χ4v) is 2.45. The number of hydrogen-bond acceptors (Lipinski definition) is 8. The summed E-state index contributed by atoms with van der Waals surface area (Å²) in [6.45, 7) is 0.0785. The lowest BCUT2D eigenvalue weighted by molar-refractivity contribution is -0.138. The Labute approximate surface area is 173 Å². The number of amides is 1. The van der Waals surface area contributed by atoms with E-state index < -0.39 is 5.97 Å². The second-order valence-electron chi connectivity index (χ2n) is 6.10. The summed E-state index contributed by atoms with van der Waals surface area (Å²) in [5.74, 6) is -0.0604. The van der Waals surface area contributed by atoms with Crippen molar-refractivity contribution in [3.8, 4) is 17.8 Å². The Kier molecular flexibility index (Phi) is 8.08. The van der Waals surface area contributed by atoms with Crippen LogP contribution in [0.25, 0.3) is 6.08 Å². The van der Waals surface area contributed by atoms with Crippen molar-refractivity contribution in [3.63, 3.8) is 0 Å². The minimum Gasteiger partial charge on any atom is -0.496 e. The number of carbonyl (C=O) groups is 2. The smallest absolute Gasteiger partial charge is 0.330 e. The van der Waals surface area contributed by atoms with E-state index in [0.29, 0.717) is 40.5 Å². The third kappa shape index (κ3) is 6.76. The van der Waals surface area contributed by atoms with Crippen LogP contribution in [0.15, 0.2) is 42.5 Å². The summed E-state index contributed by atoms with van der Waals surface area (Å²) in [5.41, 5.74) is 13.4. The first-order chi connectivity index (χ1) is 14.4. The molecule has 2 aromatic carbocycles. The van der Waals surface area contributed by atoms with Crippen molar-refractivity contribution < 1.29 is 23.8 Å². The highest BCUT2D eigenvalue weighted by Crippen LogP contribution is 2.26. The average molecular weight is 410 g/mol. The molecule has 9 nitrogen and oxygen atoms in total. The SMILES string of the molecule is COc1cc(OC#N)ccc1/C=C/C(=O)OCCCC(=O)Nc1cc(N)ccc1N. The maximum Gasteiger partial charge on any atom is 0.330 e. The molecule has 30 heavy (non-hydrogen) atoms. The molecule has 0 fully saturated rings. The van der Waals surface area contributed by atoms with Gasteiger partial charge >= 0.3 is 5.97 Å². The Hall–Kier alpha value is -4.19. The predicted molar refractivity (Wildman–Crippen MR) is 112 cm³/mol. The number of esters is 1. The molecule has 5 N–H and O–H groups in total. The third-order valence-corrected chi connectivity index (χ3v) is 3.91. The molecule has 0 saturated heterocycles. The Morgan fingerprint density at radius 2 is 2.00 bits per heavy atom. The number of nitrogens with zero attached hydrogens (tertiary/aromatic N) is 1. The molecule has 0 unspecified atom stereocenters. The first-order valence-electron chi connectivity index (χ1n) is 8.96. The molecule has 0 aliphatic carbocycles. The maximum atomic E-state index is 12.0. The summed E-state index contributed by atoms with van der Waals surface area (Å²) in [4.78, 5) is 23.8. The molecular weight excluding hydrogens is 388 g/mol. The largest absolute Gasteiger partial charge is 0.496 e. The molecule has 0 heterocycles. The molecule has 2 aromatic rings. The van der Waals surface area contributed by atoms with Gasteiger partial charge in [-0.05, 0) is 42.8 Å². The van der Waals surface area contributed by atoms with E-state index in [0.717, 1.165) is 0 Å². The topological polar surface area (TPSA) is 150 Å². The number of carbonyl (C=O) groups excluding carboxylic acids is 2. The number of hydrogen-bond donors (Lipinski definition) is 3. The van der Waals surface area contributed by atoms with Gasteiger partial charge in [-0.2, -0.15) is 0 Å². The van der Waals surface area contributed by atoms with Gasteiger partial charge in [0.05, 0.1) is 25.1 Å². The van der Waals surface area contributed by atoms with Crippen molar-refractivity contribution in [1.29, 1.82) is 5.26 Å². The lowest BCUT2D eigenvalue weighted by atomic mass is 10.2. The van der Waals surface area contributed by atoms with E-state index >= 15 is 0 Å². The van der Waals surface area contributed by atoms with E-state index in [1.54, 1.807) is 36.6 Å². The second-order valence-corrected chi connectivity index (χ2v) is 6.10. The monoisotopic (exact) mass is 410 g/mol. The minimum atomic E-state index is -0.560. The molecule has 9 heteroatoms. The first kappa shape index (κ1) is 22.1. The summed E-state index contributed by atoms with van der Waals surface area (Å²) in [6, 6.07) is 9.57. The molecule has 0 radical (unpaired) electrons. The molecule has 0 bridgehead atoms. The van der Waals surface area contributed by atoms with Crippen LogP contribution in [0.1, 0.15) is 18.4 Å². The van der Waals surface area contributed by atoms with E-state index in [9.17, 15) is 9.59 Å². The fraction of sp³-hybridized carbons (Fsp3) is 0.190. The van der Waals surface area contributed by atoms with E-state index in [-0.39, 0.29) is 18.9 Å². The Balaban J connectivity index is 1.78. The number of nitriles is 1. The second kappa shape index (κ2) is 11.0. The summed E-state index contributed by atoms with van der Waals surface area (Å²) in [5, 5.41) is 11.2. The zero-order chi connectivity index (χ0) is 21.9. The number of nitrogen functional groups attached to an aromatic ring is 2. The van der Waals surface area contributed by atoms with E-state index in [4.69, 9.17) is 30.9 Å². The van der Waals surface area contributed by atoms with Crippen LogP contribution in [0.5, 0.6) is 11.5 Å². The standard InChI is InChI=1S/C21H22N4O5/c1-28-19-12-16(30-13-22)7-4-14(19)5-9-21(27)29-10-2-3-20(26)25-18-11-15(23)6-8-17(18)24/h4-9,11-12H,2-3,10,23-24H2,1H3,(H,25,26)/b9-5+. The van der Waals surface area contributed by atoms with Crippen LogP contribution in [0.2, 0.25) is 0 Å². The first-order valence-corrected chi connectivity index (χ1v) is 8.96. The van der Waals surface area contributed by atoms with E-state index in [1.807, 2.05) is 0 Å². The summed E-state index contributed by atoms with van der Waals surface area (Å²) in [6.07, 6.45) is 4.84. The van der Waals surface area contributed by atoms with Crippen LogP contribution in [0, 0.1) is 11.5 Å². The summed E-state index contributed by atoms with van der Waals surface area (Å²) in [7, 11) is 1.46. The van der Waals surface area contributed by atoms with Crippen molar-refractivity contribution in [2.45, 2.75) is 12.8 Å². The molecule has 0 aromatic heterocycles. The van der Waals surface area contributed by atoms with Gasteiger partial charge in [0.2, 0.25) is 5.91 Å². The van der Waals surface area contributed by atoms with Gasteiger partial charge in [-0.1, -0.05) is 0 Å². The average Bonchev–Trinajstić information content (AvgIpc) is 2.73. The van der Waals surface area contributed by atoms with E-state index in [2.05, 4.69) is 5.32 Å². The van der Waals surface area contributed by atoms with Gasteiger partial charge in [0.15, 0.2) is 0 Å². The van der Waals surface area contributed by atoms with Crippen LogP contribution in [-0.2, 0) is 14.3 Å². The number of anilines is 3. The molecule has 0 atom stereocenters. The number of nitrogens with one attached hydrogen (secondary N) is 1. The fourth-order valence-electron chi connectivity index (χ4n) is 2.45. The van der Waals surface area contributed by atoms with Gasteiger partial charge in [-0.3, -0.25) is 4.79 Å². The number of rotatable bonds is 9. The van der Waals surface area contributed by atoms with Gasteiger partial charge in [0, 0.05) is 29.8 Å². The molecule has 2 rings (SSSR count). The van der Waals surface area contributed by atoms with Crippen molar-refractivity contribution in [2.24, 2.45) is 0 Å². The molecule has 1 amide bonds. The van der Waals surface area contributed by atoms with E-state index in [1.165, 1.54) is 25.3 Å². The maximum absolute atomic E-state index is 12.0. The van der Waals surface area contributed by atoms with Crippen LogP contribution < -0.4 is 26.3 Å². The third-order valence-electron chi connectivity index (χ3n) is 3.91. The highest BCUT2D eigenvalue weighted by atomic mass is 16.5. The molecular formula is C21H22N4O5. The Bertz CT molecular complexity index is 982. The molecule has 0 saturated carbocycles. The zero-order valence-electron chi connectivity index (χ0n) is 16.4. The number of nitrogens with two attached hydrogens (primary N) is 2. The van der Waals surface area contributed by atoms with Crippen LogP contribution in [-0.4, -0.2) is 25.6 Å². The lowest BCUT2D eigenvalue weighted by Gasteiger charge is -2.09. The zero-order valence-corrected chi connectivity index (χ0v) is 16.4. The summed E-state index contributed by atoms with van der Waals surface area (Å²) >= 11 is 0. The quantitative estimate of drug-likeness (QED) is 0.188. The molecule has 0 aliphatic rings. The van der Waals surface area contributed by atoms with Gasteiger partial charge < -0.3 is 31.0 Å². The van der Waals surface area contributed by atoms with Crippen molar-refractivity contribution in [3.05, 3.63) is 48.0 Å². The Morgan fingerprint density at radius 3 is 2.73 bits per heavy atom. The summed E-state index contributed by atoms with van der Waals surface area (Å²) < 4.78 is 15.0.